The Morgan fingerprint density at radius 3 is 2.54 bits per heavy atom. The van der Waals surface area contributed by atoms with E-state index in [9.17, 15) is 9.59 Å². The Morgan fingerprint density at radius 2 is 1.77 bits per heavy atom. The zero-order chi connectivity index (χ0) is 18.4. The van der Waals surface area contributed by atoms with Gasteiger partial charge >= 0.3 is 5.97 Å². The van der Waals surface area contributed by atoms with Crippen LogP contribution >= 0.6 is 0 Å². The van der Waals surface area contributed by atoms with Crippen molar-refractivity contribution >= 4 is 17.6 Å². The van der Waals surface area contributed by atoms with Crippen molar-refractivity contribution in [3.8, 4) is 0 Å². The standard InChI is InChI=1S/C20H22N2O4/c23-19(24)13-15-3-1-5-17(11-15)20(25)21-14-16-4-2-6-18(12-16)22-7-9-26-10-8-22/h1-6,11-12H,7-10,13-14H2,(H,21,25)(H,23,24). The molecule has 6 heteroatoms. The van der Waals surface area contributed by atoms with Crippen molar-refractivity contribution in [2.24, 2.45) is 0 Å². The van der Waals surface area contributed by atoms with Gasteiger partial charge in [-0.1, -0.05) is 24.3 Å². The summed E-state index contributed by atoms with van der Waals surface area (Å²) in [6, 6.07) is 14.8. The van der Waals surface area contributed by atoms with E-state index in [2.05, 4.69) is 22.3 Å². The quantitative estimate of drug-likeness (QED) is 0.830. The van der Waals surface area contributed by atoms with Crippen LogP contribution in [0, 0.1) is 0 Å². The molecule has 1 amide bonds. The van der Waals surface area contributed by atoms with Crippen molar-refractivity contribution in [2.75, 3.05) is 31.2 Å². The molecule has 1 aliphatic rings. The van der Waals surface area contributed by atoms with Crippen molar-refractivity contribution in [2.45, 2.75) is 13.0 Å². The second-order valence-corrected chi connectivity index (χ2v) is 6.22. The highest BCUT2D eigenvalue weighted by molar-refractivity contribution is 5.94. The molecule has 2 N–H and O–H groups in total. The monoisotopic (exact) mass is 354 g/mol. The number of carbonyl (C=O) groups excluding carboxylic acids is 1. The Labute approximate surface area is 152 Å². The van der Waals surface area contributed by atoms with Gasteiger partial charge in [-0.2, -0.15) is 0 Å². The number of nitrogens with one attached hydrogen (secondary N) is 1. The Balaban J connectivity index is 1.61. The van der Waals surface area contributed by atoms with E-state index in [1.54, 1.807) is 24.3 Å². The molecule has 0 unspecified atom stereocenters. The minimum atomic E-state index is -0.914. The first kappa shape index (κ1) is 17.9. The summed E-state index contributed by atoms with van der Waals surface area (Å²) in [6.45, 7) is 3.61. The molecular weight excluding hydrogens is 332 g/mol. The highest BCUT2D eigenvalue weighted by atomic mass is 16.5. The number of ether oxygens (including phenoxy) is 1. The maximum Gasteiger partial charge on any atom is 0.307 e. The molecule has 1 saturated heterocycles. The number of hydrogen-bond donors (Lipinski definition) is 2. The molecule has 0 radical (unpaired) electrons. The van der Waals surface area contributed by atoms with Gasteiger partial charge in [0.05, 0.1) is 19.6 Å². The van der Waals surface area contributed by atoms with Crippen LogP contribution in [-0.2, 0) is 22.5 Å². The van der Waals surface area contributed by atoms with Gasteiger partial charge < -0.3 is 20.1 Å². The van der Waals surface area contributed by atoms with Gasteiger partial charge in [-0.25, -0.2) is 0 Å². The van der Waals surface area contributed by atoms with E-state index in [1.165, 1.54) is 0 Å². The zero-order valence-corrected chi connectivity index (χ0v) is 14.5. The van der Waals surface area contributed by atoms with Gasteiger partial charge in [-0.05, 0) is 35.4 Å². The third-order valence-corrected chi connectivity index (χ3v) is 4.28. The number of amides is 1. The van der Waals surface area contributed by atoms with E-state index in [0.717, 1.165) is 37.6 Å². The highest BCUT2D eigenvalue weighted by Crippen LogP contribution is 2.17. The van der Waals surface area contributed by atoms with E-state index in [-0.39, 0.29) is 12.3 Å². The minimum Gasteiger partial charge on any atom is -0.481 e. The fourth-order valence-corrected chi connectivity index (χ4v) is 2.97. The van der Waals surface area contributed by atoms with Crippen LogP contribution in [0.1, 0.15) is 21.5 Å². The van der Waals surface area contributed by atoms with Crippen LogP contribution in [0.4, 0.5) is 5.69 Å². The lowest BCUT2D eigenvalue weighted by Crippen LogP contribution is -2.36. The fraction of sp³-hybridized carbons (Fsp3) is 0.300. The largest absolute Gasteiger partial charge is 0.481 e. The Morgan fingerprint density at radius 1 is 1.04 bits per heavy atom. The number of morpholine rings is 1. The first-order valence-electron chi connectivity index (χ1n) is 8.62. The number of nitrogens with zero attached hydrogens (tertiary/aromatic N) is 1. The Bertz CT molecular complexity index is 785. The Kier molecular flexibility index (Phi) is 5.86. The molecule has 2 aromatic carbocycles. The summed E-state index contributed by atoms with van der Waals surface area (Å²) in [7, 11) is 0. The van der Waals surface area contributed by atoms with Crippen LogP contribution in [0.2, 0.25) is 0 Å². The lowest BCUT2D eigenvalue weighted by atomic mass is 10.1. The van der Waals surface area contributed by atoms with Gasteiger partial charge in [0, 0.05) is 30.9 Å². The lowest BCUT2D eigenvalue weighted by Gasteiger charge is -2.29. The predicted molar refractivity (Wildman–Crippen MR) is 98.4 cm³/mol. The third kappa shape index (κ3) is 4.83. The molecule has 6 nitrogen and oxygen atoms in total. The van der Waals surface area contributed by atoms with Crippen molar-refractivity contribution in [3.63, 3.8) is 0 Å². The maximum atomic E-state index is 12.4. The fourth-order valence-electron chi connectivity index (χ4n) is 2.97. The maximum absolute atomic E-state index is 12.4. The number of carboxylic acid groups (broad SMARTS) is 1. The van der Waals surface area contributed by atoms with Gasteiger partial charge in [0.15, 0.2) is 0 Å². The first-order chi connectivity index (χ1) is 12.6. The van der Waals surface area contributed by atoms with Gasteiger partial charge in [-0.15, -0.1) is 0 Å². The van der Waals surface area contributed by atoms with Crippen molar-refractivity contribution < 1.29 is 19.4 Å². The van der Waals surface area contributed by atoms with Crippen LogP contribution in [0.15, 0.2) is 48.5 Å². The van der Waals surface area contributed by atoms with Gasteiger partial charge in [-0.3, -0.25) is 9.59 Å². The number of carbonyl (C=O) groups is 2. The predicted octanol–water partition coefficient (Wildman–Crippen LogP) is 2.08. The van der Waals surface area contributed by atoms with Crippen LogP contribution < -0.4 is 10.2 Å². The summed E-state index contributed by atoms with van der Waals surface area (Å²) >= 11 is 0. The SMILES string of the molecule is O=C(O)Cc1cccc(C(=O)NCc2cccc(N3CCOCC3)c2)c1. The van der Waals surface area contributed by atoms with Crippen LogP contribution in [0.5, 0.6) is 0 Å². The molecule has 2 aromatic rings. The number of carboxylic acids is 1. The van der Waals surface area contributed by atoms with Crippen LogP contribution in [0.3, 0.4) is 0 Å². The highest BCUT2D eigenvalue weighted by Gasteiger charge is 2.12. The number of aliphatic carboxylic acids is 1. The van der Waals surface area contributed by atoms with E-state index in [1.807, 2.05) is 12.1 Å². The second kappa shape index (κ2) is 8.49. The molecule has 0 aliphatic carbocycles. The lowest BCUT2D eigenvalue weighted by molar-refractivity contribution is -0.136. The molecule has 0 atom stereocenters. The molecule has 1 fully saturated rings. The number of hydrogen-bond acceptors (Lipinski definition) is 4. The number of benzene rings is 2. The number of rotatable bonds is 6. The van der Waals surface area contributed by atoms with Crippen LogP contribution in [0.25, 0.3) is 0 Å². The van der Waals surface area contributed by atoms with Crippen molar-refractivity contribution in [1.82, 2.24) is 5.32 Å². The average Bonchev–Trinajstić information content (AvgIpc) is 2.67. The normalized spacial score (nSPS) is 14.1. The minimum absolute atomic E-state index is 0.0945. The Hall–Kier alpha value is -2.86. The molecule has 1 aliphatic heterocycles. The van der Waals surface area contributed by atoms with E-state index in [0.29, 0.717) is 17.7 Å². The summed E-state index contributed by atoms with van der Waals surface area (Å²) in [5, 5.41) is 11.8. The molecule has 0 aromatic heterocycles. The zero-order valence-electron chi connectivity index (χ0n) is 14.5. The average molecular weight is 354 g/mol. The van der Waals surface area contributed by atoms with E-state index in [4.69, 9.17) is 9.84 Å². The van der Waals surface area contributed by atoms with Gasteiger partial charge in [0.1, 0.15) is 0 Å². The van der Waals surface area contributed by atoms with Gasteiger partial charge in [0.25, 0.3) is 5.91 Å². The molecular formula is C20H22N2O4. The van der Waals surface area contributed by atoms with E-state index >= 15 is 0 Å². The van der Waals surface area contributed by atoms with E-state index < -0.39 is 5.97 Å². The summed E-state index contributed by atoms with van der Waals surface area (Å²) in [5.41, 5.74) is 3.22. The van der Waals surface area contributed by atoms with Crippen molar-refractivity contribution in [3.05, 3.63) is 65.2 Å². The summed E-state index contributed by atoms with van der Waals surface area (Å²) < 4.78 is 5.38. The van der Waals surface area contributed by atoms with Crippen molar-refractivity contribution in [1.29, 1.82) is 0 Å². The topological polar surface area (TPSA) is 78.9 Å². The molecule has 0 bridgehead atoms. The smallest absolute Gasteiger partial charge is 0.307 e. The number of anilines is 1. The third-order valence-electron chi connectivity index (χ3n) is 4.28. The summed E-state index contributed by atoms with van der Waals surface area (Å²) in [4.78, 5) is 25.4. The molecule has 1 heterocycles. The molecule has 0 saturated carbocycles. The van der Waals surface area contributed by atoms with Crippen LogP contribution in [-0.4, -0.2) is 43.3 Å². The summed E-state index contributed by atoms with van der Waals surface area (Å²) in [6.07, 6.45) is -0.0945. The molecule has 26 heavy (non-hydrogen) atoms. The molecule has 3 rings (SSSR count). The summed E-state index contributed by atoms with van der Waals surface area (Å²) in [5.74, 6) is -1.13. The first-order valence-corrected chi connectivity index (χ1v) is 8.62. The molecule has 0 spiro atoms. The van der Waals surface area contributed by atoms with Gasteiger partial charge in [0.2, 0.25) is 0 Å². The second-order valence-electron chi connectivity index (χ2n) is 6.22. The molecule has 136 valence electrons.